The molecule has 2 heterocycles. The molecule has 104 valence electrons. The van der Waals surface area contributed by atoms with Gasteiger partial charge in [0.25, 0.3) is 0 Å². The summed E-state index contributed by atoms with van der Waals surface area (Å²) in [5.41, 5.74) is 1.89. The predicted octanol–water partition coefficient (Wildman–Crippen LogP) is 3.77. The Labute approximate surface area is 125 Å². The second-order valence-corrected chi connectivity index (χ2v) is 5.39. The minimum absolute atomic E-state index is 0.0569. The summed E-state index contributed by atoms with van der Waals surface area (Å²) in [7, 11) is 0. The third kappa shape index (κ3) is 3.03. The number of ketones is 1. The van der Waals surface area contributed by atoms with Gasteiger partial charge in [-0.25, -0.2) is 9.37 Å². The first-order valence-electron chi connectivity index (χ1n) is 6.36. The van der Waals surface area contributed by atoms with E-state index >= 15 is 0 Å². The number of hydrogen-bond acceptors (Lipinski definition) is 4. The van der Waals surface area contributed by atoms with Gasteiger partial charge >= 0.3 is 0 Å². The molecule has 0 aliphatic carbocycles. The minimum Gasteiger partial charge on any atom is -0.294 e. The SMILES string of the molecule is O=C(Cc1nc(-c2ccccc2)cs1)c1ccncc1F. The summed E-state index contributed by atoms with van der Waals surface area (Å²) in [5.74, 6) is -0.883. The molecule has 3 aromatic rings. The molecule has 0 saturated heterocycles. The van der Waals surface area contributed by atoms with E-state index in [2.05, 4.69) is 9.97 Å². The maximum absolute atomic E-state index is 13.5. The Bertz CT molecular complexity index is 771. The lowest BCUT2D eigenvalue weighted by atomic mass is 10.1. The van der Waals surface area contributed by atoms with Crippen molar-refractivity contribution in [2.45, 2.75) is 6.42 Å². The Morgan fingerprint density at radius 3 is 2.76 bits per heavy atom. The molecule has 0 atom stereocenters. The summed E-state index contributed by atoms with van der Waals surface area (Å²) in [5, 5.41) is 2.58. The third-order valence-corrected chi connectivity index (χ3v) is 3.85. The van der Waals surface area contributed by atoms with Gasteiger partial charge in [-0.2, -0.15) is 0 Å². The molecule has 1 aromatic carbocycles. The molecule has 0 amide bonds. The minimum atomic E-state index is -0.595. The van der Waals surface area contributed by atoms with Crippen molar-refractivity contribution in [1.82, 2.24) is 9.97 Å². The molecule has 21 heavy (non-hydrogen) atoms. The average Bonchev–Trinajstić information content (AvgIpc) is 2.97. The van der Waals surface area contributed by atoms with Gasteiger partial charge in [0.05, 0.1) is 23.9 Å². The van der Waals surface area contributed by atoms with Gasteiger partial charge in [-0.1, -0.05) is 30.3 Å². The zero-order valence-electron chi connectivity index (χ0n) is 11.0. The molecule has 0 radical (unpaired) electrons. The van der Waals surface area contributed by atoms with E-state index in [1.54, 1.807) is 0 Å². The highest BCUT2D eigenvalue weighted by atomic mass is 32.1. The fourth-order valence-corrected chi connectivity index (χ4v) is 2.77. The molecule has 0 aliphatic heterocycles. The van der Waals surface area contributed by atoms with Crippen molar-refractivity contribution in [2.75, 3.05) is 0 Å². The second-order valence-electron chi connectivity index (χ2n) is 4.45. The highest BCUT2D eigenvalue weighted by molar-refractivity contribution is 7.10. The number of carbonyl (C=O) groups excluding carboxylic acids is 1. The summed E-state index contributed by atoms with van der Waals surface area (Å²) in [6.45, 7) is 0. The molecule has 0 N–H and O–H groups in total. The summed E-state index contributed by atoms with van der Waals surface area (Å²) in [4.78, 5) is 20.2. The molecule has 3 rings (SSSR count). The molecule has 3 nitrogen and oxygen atoms in total. The van der Waals surface area contributed by atoms with Gasteiger partial charge in [0.1, 0.15) is 5.01 Å². The molecule has 0 unspecified atom stereocenters. The summed E-state index contributed by atoms with van der Waals surface area (Å²) in [6, 6.07) is 11.1. The standard InChI is InChI=1S/C16H11FN2OS/c17-13-9-18-7-6-12(13)15(20)8-16-19-14(10-21-16)11-4-2-1-3-5-11/h1-7,9-10H,8H2. The van der Waals surface area contributed by atoms with Crippen LogP contribution in [0.4, 0.5) is 4.39 Å². The predicted molar refractivity (Wildman–Crippen MR) is 79.8 cm³/mol. The zero-order valence-corrected chi connectivity index (χ0v) is 11.8. The molecule has 0 aliphatic rings. The average molecular weight is 298 g/mol. The lowest BCUT2D eigenvalue weighted by molar-refractivity contribution is 0.0989. The van der Waals surface area contributed by atoms with Crippen molar-refractivity contribution in [3.8, 4) is 11.3 Å². The van der Waals surface area contributed by atoms with E-state index in [0.29, 0.717) is 5.01 Å². The lowest BCUT2D eigenvalue weighted by Crippen LogP contribution is -2.06. The number of pyridine rings is 1. The van der Waals surface area contributed by atoms with Crippen molar-refractivity contribution in [2.24, 2.45) is 0 Å². The Morgan fingerprint density at radius 1 is 1.19 bits per heavy atom. The van der Waals surface area contributed by atoms with Crippen molar-refractivity contribution in [3.05, 3.63) is 70.6 Å². The van der Waals surface area contributed by atoms with E-state index in [1.165, 1.54) is 23.6 Å². The van der Waals surface area contributed by atoms with Crippen LogP contribution in [0.25, 0.3) is 11.3 Å². The number of aromatic nitrogens is 2. The number of nitrogens with zero attached hydrogens (tertiary/aromatic N) is 2. The van der Waals surface area contributed by atoms with Gasteiger partial charge in [0.15, 0.2) is 11.6 Å². The summed E-state index contributed by atoms with van der Waals surface area (Å²) < 4.78 is 13.5. The van der Waals surface area contributed by atoms with Crippen molar-refractivity contribution < 1.29 is 9.18 Å². The quantitative estimate of drug-likeness (QED) is 0.689. The molecule has 0 fully saturated rings. The number of Topliss-reactive ketones (excluding diaryl/α,β-unsaturated/α-hetero) is 1. The van der Waals surface area contributed by atoms with Crippen LogP contribution in [-0.4, -0.2) is 15.8 Å². The first kappa shape index (κ1) is 13.6. The normalized spacial score (nSPS) is 10.5. The topological polar surface area (TPSA) is 42.9 Å². The van der Waals surface area contributed by atoms with Crippen LogP contribution in [0.3, 0.4) is 0 Å². The molecular weight excluding hydrogens is 287 g/mol. The Morgan fingerprint density at radius 2 is 2.00 bits per heavy atom. The van der Waals surface area contributed by atoms with Gasteiger partial charge in [0, 0.05) is 17.1 Å². The van der Waals surface area contributed by atoms with Gasteiger partial charge in [-0.05, 0) is 6.07 Å². The number of benzene rings is 1. The first-order chi connectivity index (χ1) is 10.2. The van der Waals surface area contributed by atoms with Crippen molar-refractivity contribution in [3.63, 3.8) is 0 Å². The summed E-state index contributed by atoms with van der Waals surface area (Å²) >= 11 is 1.40. The Kier molecular flexibility index (Phi) is 3.83. The largest absolute Gasteiger partial charge is 0.294 e. The Balaban J connectivity index is 1.79. The molecule has 5 heteroatoms. The van der Waals surface area contributed by atoms with Crippen LogP contribution in [0.5, 0.6) is 0 Å². The maximum Gasteiger partial charge on any atom is 0.172 e. The van der Waals surface area contributed by atoms with Crippen molar-refractivity contribution >= 4 is 17.1 Å². The number of hydrogen-bond donors (Lipinski definition) is 0. The molecule has 2 aromatic heterocycles. The van der Waals surface area contributed by atoms with E-state index in [-0.39, 0.29) is 17.8 Å². The molecule has 0 bridgehead atoms. The van der Waals surface area contributed by atoms with Crippen LogP contribution in [0.1, 0.15) is 15.4 Å². The number of halogens is 1. The number of rotatable bonds is 4. The monoisotopic (exact) mass is 298 g/mol. The zero-order chi connectivity index (χ0) is 14.7. The second kappa shape index (κ2) is 5.93. The van der Waals surface area contributed by atoms with Gasteiger partial charge in [0.2, 0.25) is 0 Å². The number of thiazole rings is 1. The van der Waals surface area contributed by atoms with Gasteiger partial charge in [-0.15, -0.1) is 11.3 Å². The summed E-state index contributed by atoms with van der Waals surface area (Å²) in [6.07, 6.45) is 2.55. The number of carbonyl (C=O) groups is 1. The van der Waals surface area contributed by atoms with Crippen LogP contribution in [0, 0.1) is 5.82 Å². The first-order valence-corrected chi connectivity index (χ1v) is 7.24. The fraction of sp³-hybridized carbons (Fsp3) is 0.0625. The third-order valence-electron chi connectivity index (χ3n) is 3.01. The van der Waals surface area contributed by atoms with E-state index in [1.807, 2.05) is 35.7 Å². The van der Waals surface area contributed by atoms with E-state index in [0.717, 1.165) is 17.5 Å². The van der Waals surface area contributed by atoms with Crippen molar-refractivity contribution in [1.29, 1.82) is 0 Å². The van der Waals surface area contributed by atoms with Crippen LogP contribution < -0.4 is 0 Å². The van der Waals surface area contributed by atoms with E-state index in [9.17, 15) is 9.18 Å². The van der Waals surface area contributed by atoms with E-state index in [4.69, 9.17) is 0 Å². The smallest absolute Gasteiger partial charge is 0.172 e. The van der Waals surface area contributed by atoms with Crippen LogP contribution >= 0.6 is 11.3 Å². The Hall–Kier alpha value is -2.40. The van der Waals surface area contributed by atoms with Crippen LogP contribution in [0.15, 0.2) is 54.2 Å². The fourth-order valence-electron chi connectivity index (χ4n) is 1.97. The molecule has 0 saturated carbocycles. The van der Waals surface area contributed by atoms with Gasteiger partial charge in [-0.3, -0.25) is 9.78 Å². The highest BCUT2D eigenvalue weighted by Gasteiger charge is 2.14. The molecule has 0 spiro atoms. The van der Waals surface area contributed by atoms with Crippen LogP contribution in [-0.2, 0) is 6.42 Å². The van der Waals surface area contributed by atoms with E-state index < -0.39 is 5.82 Å². The van der Waals surface area contributed by atoms with Crippen LogP contribution in [0.2, 0.25) is 0 Å². The lowest BCUT2D eigenvalue weighted by Gasteiger charge is -1.99. The van der Waals surface area contributed by atoms with Gasteiger partial charge < -0.3 is 0 Å². The maximum atomic E-state index is 13.5. The molecular formula is C16H11FN2OS. The highest BCUT2D eigenvalue weighted by Crippen LogP contribution is 2.22.